The predicted molar refractivity (Wildman–Crippen MR) is 133 cm³/mol. The fourth-order valence-electron chi connectivity index (χ4n) is 5.35. The van der Waals surface area contributed by atoms with Crippen molar-refractivity contribution in [1.82, 2.24) is 15.4 Å². The highest BCUT2D eigenvalue weighted by molar-refractivity contribution is 5.77. The van der Waals surface area contributed by atoms with Crippen LogP contribution in [0.2, 0.25) is 0 Å². The van der Waals surface area contributed by atoms with Gasteiger partial charge in [0, 0.05) is 38.3 Å². The monoisotopic (exact) mass is 458 g/mol. The standard InChI is InChI=1S/C28H34N4O2/c1-31(26-9-3-2-4-10-26)20-27-17-25(30-34-27)15-24-18-29-13-11-22(24)16-28(33)32-14-12-21-7-5-6-8-23(21)19-32/h2-10,17,22,24,29H,11-16,18-20H2,1H3/t22-,24+/m0/s1. The number of carbonyl (C=O) groups is 1. The summed E-state index contributed by atoms with van der Waals surface area (Å²) in [6.45, 7) is 4.15. The van der Waals surface area contributed by atoms with E-state index < -0.39 is 0 Å². The molecule has 2 aliphatic rings. The number of rotatable bonds is 7. The lowest BCUT2D eigenvalue weighted by molar-refractivity contribution is -0.133. The van der Waals surface area contributed by atoms with E-state index in [-0.39, 0.29) is 5.91 Å². The molecule has 1 aromatic heterocycles. The third-order valence-corrected chi connectivity index (χ3v) is 7.35. The lowest BCUT2D eigenvalue weighted by Gasteiger charge is -2.34. The van der Waals surface area contributed by atoms with Gasteiger partial charge in [-0.1, -0.05) is 47.6 Å². The van der Waals surface area contributed by atoms with E-state index in [9.17, 15) is 4.79 Å². The van der Waals surface area contributed by atoms with Gasteiger partial charge >= 0.3 is 0 Å². The highest BCUT2D eigenvalue weighted by atomic mass is 16.5. The number of carbonyl (C=O) groups excluding carboxylic acids is 1. The van der Waals surface area contributed by atoms with Crippen LogP contribution >= 0.6 is 0 Å². The molecule has 0 unspecified atom stereocenters. The van der Waals surface area contributed by atoms with Crippen molar-refractivity contribution in [2.75, 3.05) is 31.6 Å². The quantitative estimate of drug-likeness (QED) is 0.579. The number of hydrogen-bond donors (Lipinski definition) is 1. The van der Waals surface area contributed by atoms with Crippen molar-refractivity contribution in [3.8, 4) is 0 Å². The first kappa shape index (κ1) is 22.7. The minimum Gasteiger partial charge on any atom is -0.367 e. The normalized spacial score (nSPS) is 20.1. The van der Waals surface area contributed by atoms with Crippen LogP contribution < -0.4 is 10.2 Å². The first-order valence-electron chi connectivity index (χ1n) is 12.4. The van der Waals surface area contributed by atoms with Crippen LogP contribution in [0.15, 0.2) is 65.2 Å². The second kappa shape index (κ2) is 10.4. The van der Waals surface area contributed by atoms with Gasteiger partial charge in [0.2, 0.25) is 5.91 Å². The van der Waals surface area contributed by atoms with Gasteiger partial charge in [0.25, 0.3) is 0 Å². The van der Waals surface area contributed by atoms with Gasteiger partial charge in [-0.3, -0.25) is 4.79 Å². The molecule has 6 nitrogen and oxygen atoms in total. The van der Waals surface area contributed by atoms with E-state index in [1.54, 1.807) is 0 Å². The summed E-state index contributed by atoms with van der Waals surface area (Å²) in [5.41, 5.74) is 4.80. The Morgan fingerprint density at radius 1 is 1.12 bits per heavy atom. The first-order chi connectivity index (χ1) is 16.7. The largest absolute Gasteiger partial charge is 0.367 e. The highest BCUT2D eigenvalue weighted by Gasteiger charge is 2.30. The number of para-hydroxylation sites is 1. The number of anilines is 1. The summed E-state index contributed by atoms with van der Waals surface area (Å²) in [7, 11) is 2.06. The Bertz CT molecular complexity index is 1100. The molecule has 34 heavy (non-hydrogen) atoms. The molecule has 0 saturated carbocycles. The zero-order valence-corrected chi connectivity index (χ0v) is 20.0. The van der Waals surface area contributed by atoms with Gasteiger partial charge < -0.3 is 19.6 Å². The third-order valence-electron chi connectivity index (χ3n) is 7.35. The number of fused-ring (bicyclic) bond motifs is 1. The summed E-state index contributed by atoms with van der Waals surface area (Å²) >= 11 is 0. The number of benzene rings is 2. The second-order valence-corrected chi connectivity index (χ2v) is 9.73. The maximum absolute atomic E-state index is 13.2. The maximum Gasteiger partial charge on any atom is 0.223 e. The lowest BCUT2D eigenvalue weighted by atomic mass is 9.80. The first-order valence-corrected chi connectivity index (χ1v) is 12.4. The third kappa shape index (κ3) is 5.33. The summed E-state index contributed by atoms with van der Waals surface area (Å²) < 4.78 is 5.66. The van der Waals surface area contributed by atoms with Gasteiger partial charge in [-0.25, -0.2) is 0 Å². The molecule has 6 heteroatoms. The van der Waals surface area contributed by atoms with E-state index in [1.165, 1.54) is 11.1 Å². The van der Waals surface area contributed by atoms with Gasteiger partial charge in [0.05, 0.1) is 12.2 Å². The second-order valence-electron chi connectivity index (χ2n) is 9.73. The van der Waals surface area contributed by atoms with Crippen molar-refractivity contribution in [2.45, 2.75) is 38.8 Å². The molecule has 0 aliphatic carbocycles. The fraction of sp³-hybridized carbons (Fsp3) is 0.429. The highest BCUT2D eigenvalue weighted by Crippen LogP contribution is 2.28. The molecule has 2 aliphatic heterocycles. The zero-order chi connectivity index (χ0) is 23.3. The number of piperidine rings is 1. The molecule has 0 bridgehead atoms. The number of hydrogen-bond acceptors (Lipinski definition) is 5. The molecule has 1 saturated heterocycles. The number of amides is 1. The van der Waals surface area contributed by atoms with Crippen molar-refractivity contribution in [3.63, 3.8) is 0 Å². The summed E-state index contributed by atoms with van der Waals surface area (Å²) in [4.78, 5) is 17.4. The average molecular weight is 459 g/mol. The number of aromatic nitrogens is 1. The molecule has 3 heterocycles. The van der Waals surface area contributed by atoms with Gasteiger partial charge in [0.1, 0.15) is 0 Å². The summed E-state index contributed by atoms with van der Waals surface area (Å²) in [6, 6.07) is 20.9. The molecule has 2 aromatic carbocycles. The average Bonchev–Trinajstić information content (AvgIpc) is 3.32. The molecule has 0 spiro atoms. The Morgan fingerprint density at radius 3 is 2.76 bits per heavy atom. The maximum atomic E-state index is 13.2. The van der Waals surface area contributed by atoms with Crippen molar-refractivity contribution in [3.05, 3.63) is 83.2 Å². The molecule has 3 aromatic rings. The topological polar surface area (TPSA) is 61.6 Å². The Morgan fingerprint density at radius 2 is 1.91 bits per heavy atom. The van der Waals surface area contributed by atoms with Crippen LogP contribution in [0, 0.1) is 11.8 Å². The smallest absolute Gasteiger partial charge is 0.223 e. The van der Waals surface area contributed by atoms with Crippen LogP contribution in [-0.4, -0.2) is 42.6 Å². The van der Waals surface area contributed by atoms with E-state index in [0.29, 0.717) is 24.8 Å². The predicted octanol–water partition coefficient (Wildman–Crippen LogP) is 4.05. The Balaban J connectivity index is 1.18. The SMILES string of the molecule is CN(Cc1cc(C[C@@H]2CNCC[C@H]2CC(=O)N2CCc3ccccc3C2)no1)c1ccccc1. The van der Waals surface area contributed by atoms with Gasteiger partial charge in [-0.15, -0.1) is 0 Å². The van der Waals surface area contributed by atoms with Gasteiger partial charge in [-0.2, -0.15) is 0 Å². The molecule has 178 valence electrons. The Hall–Kier alpha value is -3.12. The minimum absolute atomic E-state index is 0.289. The zero-order valence-electron chi connectivity index (χ0n) is 20.0. The molecular formula is C28H34N4O2. The minimum atomic E-state index is 0.289. The molecule has 0 radical (unpaired) electrons. The fourth-order valence-corrected chi connectivity index (χ4v) is 5.35. The van der Waals surface area contributed by atoms with Crippen LogP contribution in [-0.2, 0) is 30.7 Å². The van der Waals surface area contributed by atoms with Gasteiger partial charge in [0.15, 0.2) is 5.76 Å². The lowest BCUT2D eigenvalue weighted by Crippen LogP contribution is -2.42. The summed E-state index contributed by atoms with van der Waals surface area (Å²) in [5, 5.41) is 7.88. The molecular weight excluding hydrogens is 424 g/mol. The molecule has 2 atom stereocenters. The van der Waals surface area contributed by atoms with Crippen LogP contribution in [0.4, 0.5) is 5.69 Å². The van der Waals surface area contributed by atoms with E-state index >= 15 is 0 Å². The van der Waals surface area contributed by atoms with Crippen molar-refractivity contribution in [1.29, 1.82) is 0 Å². The molecule has 1 fully saturated rings. The van der Waals surface area contributed by atoms with Crippen LogP contribution in [0.1, 0.15) is 35.4 Å². The number of nitrogens with zero attached hydrogens (tertiary/aromatic N) is 3. The van der Waals surface area contributed by atoms with E-state index in [1.807, 2.05) is 18.2 Å². The molecule has 5 rings (SSSR count). The van der Waals surface area contributed by atoms with Crippen molar-refractivity contribution >= 4 is 11.6 Å². The van der Waals surface area contributed by atoms with Crippen molar-refractivity contribution in [2.24, 2.45) is 11.8 Å². The Labute approximate surface area is 201 Å². The number of nitrogens with one attached hydrogen (secondary N) is 1. The van der Waals surface area contributed by atoms with E-state index in [2.05, 4.69) is 69.8 Å². The van der Waals surface area contributed by atoms with Crippen LogP contribution in [0.3, 0.4) is 0 Å². The summed E-state index contributed by atoms with van der Waals surface area (Å²) in [6.07, 6.45) is 3.45. The molecule has 1 N–H and O–H groups in total. The van der Waals surface area contributed by atoms with Crippen molar-refractivity contribution < 1.29 is 9.32 Å². The van der Waals surface area contributed by atoms with E-state index in [4.69, 9.17) is 4.52 Å². The molecule has 1 amide bonds. The van der Waals surface area contributed by atoms with Crippen LogP contribution in [0.25, 0.3) is 0 Å². The Kier molecular flexibility index (Phi) is 6.95. The van der Waals surface area contributed by atoms with E-state index in [0.717, 1.165) is 62.6 Å². The summed E-state index contributed by atoms with van der Waals surface area (Å²) in [5.74, 6) is 1.92. The van der Waals surface area contributed by atoms with Crippen LogP contribution in [0.5, 0.6) is 0 Å². The van der Waals surface area contributed by atoms with Gasteiger partial charge in [-0.05, 0) is 67.4 Å².